The third kappa shape index (κ3) is 3.59. The monoisotopic (exact) mass is 273 g/mol. The lowest BCUT2D eigenvalue weighted by molar-refractivity contribution is -0.137. The van der Waals surface area contributed by atoms with Gasteiger partial charge in [-0.25, -0.2) is 4.98 Å². The molecule has 1 aromatic rings. The number of hydrogen-bond donors (Lipinski definition) is 0. The van der Waals surface area contributed by atoms with Crippen LogP contribution in [0.1, 0.15) is 18.9 Å². The Balaban J connectivity index is 1.97. The molecule has 0 saturated carbocycles. The average Bonchev–Trinajstić information content (AvgIpc) is 2.39. The summed E-state index contributed by atoms with van der Waals surface area (Å²) < 4.78 is 37.3. The largest absolute Gasteiger partial charge is 0.417 e. The normalized spacial score (nSPS) is 17.8. The van der Waals surface area contributed by atoms with Gasteiger partial charge in [-0.15, -0.1) is 0 Å². The zero-order valence-electron chi connectivity index (χ0n) is 11.0. The van der Waals surface area contributed by atoms with Crippen LogP contribution in [0, 0.1) is 0 Å². The molecule has 0 N–H and O–H groups in total. The van der Waals surface area contributed by atoms with Crippen LogP contribution in [0.4, 0.5) is 19.0 Å². The maximum absolute atomic E-state index is 12.4. The Kier molecular flexibility index (Phi) is 4.29. The van der Waals surface area contributed by atoms with E-state index in [0.29, 0.717) is 5.82 Å². The Morgan fingerprint density at radius 2 is 1.84 bits per heavy atom. The molecule has 0 atom stereocenters. The van der Waals surface area contributed by atoms with E-state index in [0.717, 1.165) is 51.4 Å². The summed E-state index contributed by atoms with van der Waals surface area (Å²) in [6, 6.07) is 2.55. The molecular weight excluding hydrogens is 255 g/mol. The van der Waals surface area contributed by atoms with Gasteiger partial charge in [0, 0.05) is 32.4 Å². The van der Waals surface area contributed by atoms with Crippen molar-refractivity contribution in [3.8, 4) is 0 Å². The van der Waals surface area contributed by atoms with Gasteiger partial charge >= 0.3 is 6.18 Å². The molecule has 3 nitrogen and oxygen atoms in total. The second-order valence-electron chi connectivity index (χ2n) is 4.73. The van der Waals surface area contributed by atoms with E-state index in [9.17, 15) is 13.2 Å². The molecule has 0 bridgehead atoms. The molecule has 1 fully saturated rings. The van der Waals surface area contributed by atoms with E-state index >= 15 is 0 Å². The Morgan fingerprint density at radius 1 is 1.16 bits per heavy atom. The Labute approximate surface area is 111 Å². The van der Waals surface area contributed by atoms with Crippen molar-refractivity contribution in [2.45, 2.75) is 19.5 Å². The minimum atomic E-state index is -4.31. The summed E-state index contributed by atoms with van der Waals surface area (Å²) in [4.78, 5) is 8.32. The molecule has 106 valence electrons. The molecule has 0 amide bonds. The summed E-state index contributed by atoms with van der Waals surface area (Å²) >= 11 is 0. The standard InChI is InChI=1S/C13H18F3N3/c1-2-5-18-6-8-19(9-7-18)12-4-3-11(10-17-12)13(14,15)16/h3-4,10H,2,5-9H2,1H3. The molecule has 1 saturated heterocycles. The van der Waals surface area contributed by atoms with Gasteiger partial charge in [-0.1, -0.05) is 6.92 Å². The molecule has 6 heteroatoms. The van der Waals surface area contributed by atoms with E-state index in [-0.39, 0.29) is 0 Å². The van der Waals surface area contributed by atoms with Crippen molar-refractivity contribution >= 4 is 5.82 Å². The first-order valence-corrected chi connectivity index (χ1v) is 6.51. The molecule has 1 aliphatic rings. The number of alkyl halides is 3. The number of hydrogen-bond acceptors (Lipinski definition) is 3. The van der Waals surface area contributed by atoms with Gasteiger partial charge in [0.2, 0.25) is 0 Å². The number of rotatable bonds is 3. The lowest BCUT2D eigenvalue weighted by Gasteiger charge is -2.35. The summed E-state index contributed by atoms with van der Waals surface area (Å²) in [7, 11) is 0. The molecular formula is C13H18F3N3. The van der Waals surface area contributed by atoms with E-state index in [2.05, 4.69) is 16.8 Å². The highest BCUT2D eigenvalue weighted by molar-refractivity contribution is 5.40. The van der Waals surface area contributed by atoms with Crippen molar-refractivity contribution < 1.29 is 13.2 Å². The molecule has 19 heavy (non-hydrogen) atoms. The fraction of sp³-hybridized carbons (Fsp3) is 0.615. The van der Waals surface area contributed by atoms with Crippen molar-refractivity contribution in [2.75, 3.05) is 37.6 Å². The number of nitrogens with zero attached hydrogens (tertiary/aromatic N) is 3. The average molecular weight is 273 g/mol. The maximum atomic E-state index is 12.4. The zero-order valence-corrected chi connectivity index (χ0v) is 11.0. The van der Waals surface area contributed by atoms with Gasteiger partial charge in [0.05, 0.1) is 5.56 Å². The first-order chi connectivity index (χ1) is 9.00. The van der Waals surface area contributed by atoms with Gasteiger partial charge in [0.25, 0.3) is 0 Å². The minimum Gasteiger partial charge on any atom is -0.354 e. The van der Waals surface area contributed by atoms with Gasteiger partial charge < -0.3 is 4.90 Å². The molecule has 1 aromatic heterocycles. The first-order valence-electron chi connectivity index (χ1n) is 6.51. The summed E-state index contributed by atoms with van der Waals surface area (Å²) in [6.45, 7) is 6.74. The van der Waals surface area contributed by atoms with Gasteiger partial charge in [0.15, 0.2) is 0 Å². The van der Waals surface area contributed by atoms with E-state index in [4.69, 9.17) is 0 Å². The summed E-state index contributed by atoms with van der Waals surface area (Å²) in [6.07, 6.45) is -2.28. The summed E-state index contributed by atoms with van der Waals surface area (Å²) in [5, 5.41) is 0. The number of anilines is 1. The van der Waals surface area contributed by atoms with E-state index in [1.54, 1.807) is 0 Å². The summed E-state index contributed by atoms with van der Waals surface area (Å²) in [5.74, 6) is 0.629. The third-order valence-electron chi connectivity index (χ3n) is 3.31. The highest BCUT2D eigenvalue weighted by Gasteiger charge is 2.31. The Bertz CT molecular complexity index is 395. The smallest absolute Gasteiger partial charge is 0.354 e. The highest BCUT2D eigenvalue weighted by Crippen LogP contribution is 2.29. The van der Waals surface area contributed by atoms with Crippen LogP contribution in [0.2, 0.25) is 0 Å². The molecule has 0 unspecified atom stereocenters. The van der Waals surface area contributed by atoms with E-state index < -0.39 is 11.7 Å². The van der Waals surface area contributed by atoms with E-state index in [1.165, 1.54) is 6.07 Å². The van der Waals surface area contributed by atoms with Crippen LogP contribution in [0.5, 0.6) is 0 Å². The van der Waals surface area contributed by atoms with Gasteiger partial charge in [0.1, 0.15) is 5.82 Å². The van der Waals surface area contributed by atoms with E-state index in [1.807, 2.05) is 4.90 Å². The highest BCUT2D eigenvalue weighted by atomic mass is 19.4. The van der Waals surface area contributed by atoms with Crippen LogP contribution >= 0.6 is 0 Å². The van der Waals surface area contributed by atoms with Gasteiger partial charge in [-0.2, -0.15) is 13.2 Å². The number of aromatic nitrogens is 1. The number of halogens is 3. The van der Waals surface area contributed by atoms with Crippen LogP contribution in [0.3, 0.4) is 0 Å². The van der Waals surface area contributed by atoms with Gasteiger partial charge in [-0.3, -0.25) is 4.90 Å². The quantitative estimate of drug-likeness (QED) is 0.844. The Morgan fingerprint density at radius 3 is 2.32 bits per heavy atom. The Hall–Kier alpha value is -1.30. The second-order valence-corrected chi connectivity index (χ2v) is 4.73. The predicted octanol–water partition coefficient (Wildman–Crippen LogP) is 2.63. The molecule has 1 aliphatic heterocycles. The fourth-order valence-corrected chi connectivity index (χ4v) is 2.26. The van der Waals surface area contributed by atoms with Crippen LogP contribution in [0.15, 0.2) is 18.3 Å². The van der Waals surface area contributed by atoms with Crippen LogP contribution in [-0.2, 0) is 6.18 Å². The van der Waals surface area contributed by atoms with Crippen LogP contribution in [0.25, 0.3) is 0 Å². The first kappa shape index (κ1) is 14.1. The minimum absolute atomic E-state index is 0.629. The molecule has 0 radical (unpaired) electrons. The topological polar surface area (TPSA) is 19.4 Å². The molecule has 0 spiro atoms. The second kappa shape index (κ2) is 5.77. The van der Waals surface area contributed by atoms with Crippen molar-refractivity contribution in [2.24, 2.45) is 0 Å². The molecule has 0 aliphatic carbocycles. The maximum Gasteiger partial charge on any atom is 0.417 e. The van der Waals surface area contributed by atoms with Crippen LogP contribution < -0.4 is 4.90 Å². The van der Waals surface area contributed by atoms with Crippen LogP contribution in [-0.4, -0.2) is 42.6 Å². The third-order valence-corrected chi connectivity index (χ3v) is 3.31. The number of piperazine rings is 1. The van der Waals surface area contributed by atoms with Crippen molar-refractivity contribution in [1.29, 1.82) is 0 Å². The zero-order chi connectivity index (χ0) is 13.9. The van der Waals surface area contributed by atoms with Crippen molar-refractivity contribution in [1.82, 2.24) is 9.88 Å². The molecule has 0 aromatic carbocycles. The molecule has 2 rings (SSSR count). The fourth-order valence-electron chi connectivity index (χ4n) is 2.26. The van der Waals surface area contributed by atoms with Gasteiger partial charge in [-0.05, 0) is 25.1 Å². The van der Waals surface area contributed by atoms with Crippen molar-refractivity contribution in [3.63, 3.8) is 0 Å². The summed E-state index contributed by atoms with van der Waals surface area (Å²) in [5.41, 5.74) is -0.694. The number of pyridine rings is 1. The van der Waals surface area contributed by atoms with Crippen molar-refractivity contribution in [3.05, 3.63) is 23.9 Å². The lowest BCUT2D eigenvalue weighted by atomic mass is 10.2. The molecule has 2 heterocycles. The predicted molar refractivity (Wildman–Crippen MR) is 68.2 cm³/mol. The lowest BCUT2D eigenvalue weighted by Crippen LogP contribution is -2.46. The SMILES string of the molecule is CCCN1CCN(c2ccc(C(F)(F)F)cn2)CC1.